The van der Waals surface area contributed by atoms with Crippen LogP contribution in [-0.4, -0.2) is 26.0 Å². The van der Waals surface area contributed by atoms with E-state index in [0.717, 1.165) is 12.0 Å². The Morgan fingerprint density at radius 1 is 1.17 bits per heavy atom. The Morgan fingerprint density at radius 3 is 2.48 bits per heavy atom. The molecule has 0 aromatic carbocycles. The predicted octanol–water partition coefficient (Wildman–Crippen LogP) is 3.76. The first-order chi connectivity index (χ1) is 10.9. The fraction of sp³-hybridized carbons (Fsp3) is 0.429. The van der Waals surface area contributed by atoms with Gasteiger partial charge in [-0.15, -0.1) is 0 Å². The number of rotatable bonds is 6. The highest BCUT2D eigenvalue weighted by Crippen LogP contribution is 2.27. The standard InChI is InChI=1S/C14H15ClF3N5/c1-2-10(4-3-9-5-7-19-8-6-9)20-13-22-11(14(16,17)18)21-12(15)23-13/h5-8,10H,2-4H2,1H3,(H,20,21,22,23). The Balaban J connectivity index is 2.05. The van der Waals surface area contributed by atoms with Crippen molar-refractivity contribution in [2.24, 2.45) is 0 Å². The first-order valence-electron chi connectivity index (χ1n) is 7.02. The van der Waals surface area contributed by atoms with E-state index in [1.165, 1.54) is 0 Å². The molecule has 0 radical (unpaired) electrons. The number of aryl methyl sites for hydroxylation is 1. The van der Waals surface area contributed by atoms with Gasteiger partial charge in [0.25, 0.3) is 0 Å². The van der Waals surface area contributed by atoms with E-state index in [1.807, 2.05) is 19.1 Å². The van der Waals surface area contributed by atoms with Crippen LogP contribution in [0.1, 0.15) is 31.2 Å². The molecule has 124 valence electrons. The molecule has 1 atom stereocenters. The molecule has 0 amide bonds. The molecule has 9 heteroatoms. The van der Waals surface area contributed by atoms with E-state index in [2.05, 4.69) is 25.3 Å². The van der Waals surface area contributed by atoms with Crippen molar-refractivity contribution in [1.29, 1.82) is 0 Å². The van der Waals surface area contributed by atoms with Crippen LogP contribution in [0.5, 0.6) is 0 Å². The van der Waals surface area contributed by atoms with Crippen LogP contribution in [0.4, 0.5) is 19.1 Å². The van der Waals surface area contributed by atoms with Gasteiger partial charge in [0.15, 0.2) is 0 Å². The van der Waals surface area contributed by atoms with Gasteiger partial charge in [-0.2, -0.15) is 28.1 Å². The molecule has 1 N–H and O–H groups in total. The van der Waals surface area contributed by atoms with E-state index in [-0.39, 0.29) is 12.0 Å². The molecule has 0 fully saturated rings. The molecule has 2 heterocycles. The van der Waals surface area contributed by atoms with Crippen LogP contribution >= 0.6 is 11.6 Å². The lowest BCUT2D eigenvalue weighted by atomic mass is 10.0. The molecule has 0 aliphatic heterocycles. The number of alkyl halides is 3. The summed E-state index contributed by atoms with van der Waals surface area (Å²) in [6.45, 7) is 1.93. The average Bonchev–Trinajstić information content (AvgIpc) is 2.51. The number of anilines is 1. The Morgan fingerprint density at radius 2 is 1.87 bits per heavy atom. The highest BCUT2D eigenvalue weighted by atomic mass is 35.5. The molecule has 2 aromatic rings. The molecule has 0 aliphatic carbocycles. The van der Waals surface area contributed by atoms with Crippen LogP contribution in [-0.2, 0) is 12.6 Å². The molecule has 5 nitrogen and oxygen atoms in total. The normalized spacial score (nSPS) is 12.9. The van der Waals surface area contributed by atoms with Gasteiger partial charge in [0.1, 0.15) is 0 Å². The zero-order chi connectivity index (χ0) is 16.9. The van der Waals surface area contributed by atoms with Gasteiger partial charge in [-0.25, -0.2) is 0 Å². The monoisotopic (exact) mass is 345 g/mol. The largest absolute Gasteiger partial charge is 0.451 e. The second-order valence-electron chi connectivity index (χ2n) is 4.89. The van der Waals surface area contributed by atoms with Crippen LogP contribution in [0.25, 0.3) is 0 Å². The van der Waals surface area contributed by atoms with E-state index in [9.17, 15) is 13.2 Å². The first kappa shape index (κ1) is 17.4. The van der Waals surface area contributed by atoms with E-state index >= 15 is 0 Å². The molecule has 0 bridgehead atoms. The SMILES string of the molecule is CCC(CCc1ccncc1)Nc1nc(Cl)nc(C(F)(F)F)n1. The van der Waals surface area contributed by atoms with Crippen LogP contribution in [0.3, 0.4) is 0 Å². The summed E-state index contributed by atoms with van der Waals surface area (Å²) in [5, 5.41) is 2.40. The summed E-state index contributed by atoms with van der Waals surface area (Å²) in [5.41, 5.74) is 1.10. The Kier molecular flexibility index (Phi) is 5.70. The zero-order valence-electron chi connectivity index (χ0n) is 12.3. The van der Waals surface area contributed by atoms with Crippen molar-refractivity contribution >= 4 is 17.5 Å². The highest BCUT2D eigenvalue weighted by Gasteiger charge is 2.35. The smallest absolute Gasteiger partial charge is 0.351 e. The Bertz CT molecular complexity index is 636. The molecule has 23 heavy (non-hydrogen) atoms. The number of halogens is 4. The second kappa shape index (κ2) is 7.54. The van der Waals surface area contributed by atoms with Crippen molar-refractivity contribution < 1.29 is 13.2 Å². The molecule has 0 spiro atoms. The Hall–Kier alpha value is -1.96. The molecule has 1 unspecified atom stereocenters. The van der Waals surface area contributed by atoms with Crippen molar-refractivity contribution in [3.63, 3.8) is 0 Å². The lowest BCUT2D eigenvalue weighted by Gasteiger charge is -2.17. The minimum atomic E-state index is -4.66. The minimum absolute atomic E-state index is 0.0808. The third-order valence-electron chi connectivity index (χ3n) is 3.22. The fourth-order valence-electron chi connectivity index (χ4n) is 1.99. The lowest BCUT2D eigenvalue weighted by molar-refractivity contribution is -0.145. The van der Waals surface area contributed by atoms with E-state index in [0.29, 0.717) is 12.8 Å². The minimum Gasteiger partial charge on any atom is -0.351 e. The summed E-state index contributed by atoms with van der Waals surface area (Å²) in [6.07, 6.45) is 0.914. The van der Waals surface area contributed by atoms with E-state index < -0.39 is 17.3 Å². The number of hydrogen-bond acceptors (Lipinski definition) is 5. The maximum atomic E-state index is 12.7. The molecular formula is C14H15ClF3N5. The topological polar surface area (TPSA) is 63.6 Å². The van der Waals surface area contributed by atoms with Crippen LogP contribution in [0.15, 0.2) is 24.5 Å². The van der Waals surface area contributed by atoms with Crippen LogP contribution in [0.2, 0.25) is 5.28 Å². The quantitative estimate of drug-likeness (QED) is 0.863. The summed E-state index contributed by atoms with van der Waals surface area (Å²) >= 11 is 5.55. The van der Waals surface area contributed by atoms with E-state index in [4.69, 9.17) is 11.6 Å². The number of pyridine rings is 1. The fourth-order valence-corrected chi connectivity index (χ4v) is 2.15. The lowest BCUT2D eigenvalue weighted by Crippen LogP contribution is -2.23. The van der Waals surface area contributed by atoms with Crippen molar-refractivity contribution in [2.45, 2.75) is 38.4 Å². The van der Waals surface area contributed by atoms with Crippen molar-refractivity contribution in [3.8, 4) is 0 Å². The van der Waals surface area contributed by atoms with Gasteiger partial charge >= 0.3 is 6.18 Å². The van der Waals surface area contributed by atoms with Crippen molar-refractivity contribution in [3.05, 3.63) is 41.2 Å². The molecular weight excluding hydrogens is 331 g/mol. The van der Waals surface area contributed by atoms with Crippen molar-refractivity contribution in [1.82, 2.24) is 19.9 Å². The number of aromatic nitrogens is 4. The van der Waals surface area contributed by atoms with E-state index in [1.54, 1.807) is 12.4 Å². The third-order valence-corrected chi connectivity index (χ3v) is 3.39. The number of nitrogens with zero attached hydrogens (tertiary/aromatic N) is 4. The zero-order valence-corrected chi connectivity index (χ0v) is 13.1. The number of nitrogens with one attached hydrogen (secondary N) is 1. The summed E-state index contributed by atoms with van der Waals surface area (Å²) < 4.78 is 38.1. The summed E-state index contributed by atoms with van der Waals surface area (Å²) in [5.74, 6) is -1.47. The molecule has 2 rings (SSSR count). The molecule has 0 saturated carbocycles. The third kappa shape index (κ3) is 5.31. The van der Waals surface area contributed by atoms with Gasteiger partial charge in [-0.05, 0) is 48.6 Å². The maximum absolute atomic E-state index is 12.7. The molecule has 0 aliphatic rings. The van der Waals surface area contributed by atoms with Gasteiger partial charge in [0.05, 0.1) is 0 Å². The van der Waals surface area contributed by atoms with Gasteiger partial charge in [0.2, 0.25) is 17.1 Å². The van der Waals surface area contributed by atoms with Gasteiger partial charge in [-0.1, -0.05) is 6.92 Å². The van der Waals surface area contributed by atoms with Gasteiger partial charge < -0.3 is 5.32 Å². The predicted molar refractivity (Wildman–Crippen MR) is 80.1 cm³/mol. The van der Waals surface area contributed by atoms with Gasteiger partial charge in [-0.3, -0.25) is 4.98 Å². The van der Waals surface area contributed by atoms with Crippen molar-refractivity contribution in [2.75, 3.05) is 5.32 Å². The highest BCUT2D eigenvalue weighted by molar-refractivity contribution is 6.28. The second-order valence-corrected chi connectivity index (χ2v) is 5.23. The summed E-state index contributed by atoms with van der Waals surface area (Å²) in [4.78, 5) is 14.1. The first-order valence-corrected chi connectivity index (χ1v) is 7.40. The molecule has 0 saturated heterocycles. The Labute approximate surface area is 136 Å². The maximum Gasteiger partial charge on any atom is 0.451 e. The van der Waals surface area contributed by atoms with Gasteiger partial charge in [0, 0.05) is 18.4 Å². The summed E-state index contributed by atoms with van der Waals surface area (Å²) in [7, 11) is 0. The van der Waals surface area contributed by atoms with Crippen LogP contribution in [0, 0.1) is 0 Å². The van der Waals surface area contributed by atoms with Crippen LogP contribution < -0.4 is 5.32 Å². The average molecular weight is 346 g/mol. The number of hydrogen-bond donors (Lipinski definition) is 1. The summed E-state index contributed by atoms with van der Waals surface area (Å²) in [6, 6.07) is 3.71. The molecule has 2 aromatic heterocycles.